The molecule has 0 bridgehead atoms. The van der Waals surface area contributed by atoms with Crippen LogP contribution in [0.1, 0.15) is 44.2 Å². The highest BCUT2D eigenvalue weighted by Crippen LogP contribution is 2.29. The molecule has 0 radical (unpaired) electrons. The predicted molar refractivity (Wildman–Crippen MR) is 73.9 cm³/mol. The van der Waals surface area contributed by atoms with E-state index >= 15 is 0 Å². The van der Waals surface area contributed by atoms with Crippen molar-refractivity contribution in [1.82, 2.24) is 5.32 Å². The van der Waals surface area contributed by atoms with Crippen molar-refractivity contribution in [2.45, 2.75) is 52.6 Å². The maximum Gasteiger partial charge on any atom is 0.123 e. The smallest absolute Gasteiger partial charge is 0.123 e. The van der Waals surface area contributed by atoms with E-state index in [0.717, 1.165) is 23.9 Å². The summed E-state index contributed by atoms with van der Waals surface area (Å²) in [6.45, 7) is 7.53. The van der Waals surface area contributed by atoms with Crippen LogP contribution in [0.15, 0.2) is 18.2 Å². The zero-order chi connectivity index (χ0) is 13.1. The van der Waals surface area contributed by atoms with E-state index in [1.807, 2.05) is 13.0 Å². The van der Waals surface area contributed by atoms with Gasteiger partial charge in [-0.1, -0.05) is 32.8 Å². The molecule has 0 heterocycles. The van der Waals surface area contributed by atoms with E-state index in [-0.39, 0.29) is 5.82 Å². The topological polar surface area (TPSA) is 12.0 Å². The first-order valence-corrected chi connectivity index (χ1v) is 7.06. The average Bonchev–Trinajstić information content (AvgIpc) is 2.33. The fourth-order valence-electron chi connectivity index (χ4n) is 2.97. The monoisotopic (exact) mass is 249 g/mol. The van der Waals surface area contributed by atoms with Crippen LogP contribution in [0.25, 0.3) is 0 Å². The van der Waals surface area contributed by atoms with Gasteiger partial charge in [0.15, 0.2) is 0 Å². The van der Waals surface area contributed by atoms with Gasteiger partial charge in [0.1, 0.15) is 5.82 Å². The van der Waals surface area contributed by atoms with Crippen molar-refractivity contribution in [2.24, 2.45) is 11.8 Å². The highest BCUT2D eigenvalue weighted by Gasteiger charge is 2.26. The molecule has 1 nitrogen and oxygen atoms in total. The second-order valence-electron chi connectivity index (χ2n) is 5.83. The Morgan fingerprint density at radius 3 is 2.78 bits per heavy atom. The second kappa shape index (κ2) is 5.83. The molecule has 0 aliphatic heterocycles. The van der Waals surface area contributed by atoms with E-state index in [2.05, 4.69) is 19.2 Å². The van der Waals surface area contributed by atoms with Gasteiger partial charge in [-0.05, 0) is 48.4 Å². The van der Waals surface area contributed by atoms with Gasteiger partial charge in [-0.15, -0.1) is 0 Å². The lowest BCUT2D eigenvalue weighted by Gasteiger charge is -2.35. The van der Waals surface area contributed by atoms with Gasteiger partial charge in [-0.3, -0.25) is 0 Å². The maximum atomic E-state index is 13.0. The quantitative estimate of drug-likeness (QED) is 0.852. The zero-order valence-corrected chi connectivity index (χ0v) is 11.7. The molecule has 100 valence electrons. The third-order valence-corrected chi connectivity index (χ3v) is 4.57. The number of hydrogen-bond acceptors (Lipinski definition) is 1. The standard InChI is InChI=1S/C16H24FN/c1-11-5-4-6-16(13(11)3)18-10-14-7-8-15(17)9-12(14)2/h7-9,11,13,16,18H,4-6,10H2,1-3H3. The summed E-state index contributed by atoms with van der Waals surface area (Å²) in [5.74, 6) is 1.40. The Morgan fingerprint density at radius 2 is 2.06 bits per heavy atom. The van der Waals surface area contributed by atoms with E-state index in [1.165, 1.54) is 24.8 Å². The van der Waals surface area contributed by atoms with E-state index in [9.17, 15) is 4.39 Å². The number of aryl methyl sites for hydroxylation is 1. The second-order valence-corrected chi connectivity index (χ2v) is 5.83. The van der Waals surface area contributed by atoms with Crippen molar-refractivity contribution < 1.29 is 4.39 Å². The zero-order valence-electron chi connectivity index (χ0n) is 11.7. The van der Waals surface area contributed by atoms with Crippen molar-refractivity contribution in [3.63, 3.8) is 0 Å². The summed E-state index contributed by atoms with van der Waals surface area (Å²) in [7, 11) is 0. The van der Waals surface area contributed by atoms with E-state index in [1.54, 1.807) is 12.1 Å². The predicted octanol–water partition coefficient (Wildman–Crippen LogP) is 4.05. The molecule has 0 saturated heterocycles. The molecule has 0 aromatic heterocycles. The highest BCUT2D eigenvalue weighted by atomic mass is 19.1. The van der Waals surface area contributed by atoms with Crippen LogP contribution in [-0.4, -0.2) is 6.04 Å². The van der Waals surface area contributed by atoms with Gasteiger partial charge in [-0.2, -0.15) is 0 Å². The average molecular weight is 249 g/mol. The number of benzene rings is 1. The molecule has 3 unspecified atom stereocenters. The lowest BCUT2D eigenvalue weighted by atomic mass is 9.78. The Hall–Kier alpha value is -0.890. The molecule has 18 heavy (non-hydrogen) atoms. The molecule has 1 saturated carbocycles. The molecule has 1 aromatic carbocycles. The summed E-state index contributed by atoms with van der Waals surface area (Å²) in [6, 6.07) is 5.67. The number of hydrogen-bond donors (Lipinski definition) is 1. The Kier molecular flexibility index (Phi) is 4.39. The molecule has 2 heteroatoms. The van der Waals surface area contributed by atoms with Crippen molar-refractivity contribution in [3.8, 4) is 0 Å². The highest BCUT2D eigenvalue weighted by molar-refractivity contribution is 5.26. The SMILES string of the molecule is Cc1cc(F)ccc1CNC1CCCC(C)C1C. The van der Waals surface area contributed by atoms with Gasteiger partial charge in [-0.25, -0.2) is 4.39 Å². The van der Waals surface area contributed by atoms with Crippen LogP contribution < -0.4 is 5.32 Å². The fraction of sp³-hybridized carbons (Fsp3) is 0.625. The molecular weight excluding hydrogens is 225 g/mol. The lowest BCUT2D eigenvalue weighted by Crippen LogP contribution is -2.40. The third-order valence-electron chi connectivity index (χ3n) is 4.57. The van der Waals surface area contributed by atoms with Crippen LogP contribution in [0.5, 0.6) is 0 Å². The minimum absolute atomic E-state index is 0.143. The van der Waals surface area contributed by atoms with E-state index in [4.69, 9.17) is 0 Å². The molecule has 0 spiro atoms. The number of rotatable bonds is 3. The third kappa shape index (κ3) is 3.11. The molecular formula is C16H24FN. The summed E-state index contributed by atoms with van der Waals surface area (Å²) in [5, 5.41) is 3.66. The molecule has 3 atom stereocenters. The fourth-order valence-corrected chi connectivity index (χ4v) is 2.97. The summed E-state index contributed by atoms with van der Waals surface area (Å²) >= 11 is 0. The molecule has 0 amide bonds. The summed E-state index contributed by atoms with van der Waals surface area (Å²) < 4.78 is 13.0. The first-order valence-electron chi connectivity index (χ1n) is 7.06. The molecule has 1 aliphatic carbocycles. The van der Waals surface area contributed by atoms with Gasteiger partial charge in [0.2, 0.25) is 0 Å². The van der Waals surface area contributed by atoms with Crippen LogP contribution in [0.3, 0.4) is 0 Å². The van der Waals surface area contributed by atoms with Crippen LogP contribution in [0.4, 0.5) is 4.39 Å². The Morgan fingerprint density at radius 1 is 1.28 bits per heavy atom. The van der Waals surface area contributed by atoms with Crippen molar-refractivity contribution in [1.29, 1.82) is 0 Å². The van der Waals surface area contributed by atoms with Gasteiger partial charge in [0.05, 0.1) is 0 Å². The Bertz CT molecular complexity index is 402. The van der Waals surface area contributed by atoms with Gasteiger partial charge in [0.25, 0.3) is 0 Å². The summed E-state index contributed by atoms with van der Waals surface area (Å²) in [6.07, 6.45) is 3.95. The van der Waals surface area contributed by atoms with Crippen LogP contribution in [-0.2, 0) is 6.54 Å². The van der Waals surface area contributed by atoms with Crippen molar-refractivity contribution in [2.75, 3.05) is 0 Å². The molecule has 1 aliphatic rings. The normalized spacial score (nSPS) is 28.3. The van der Waals surface area contributed by atoms with Crippen molar-refractivity contribution >= 4 is 0 Å². The maximum absolute atomic E-state index is 13.0. The lowest BCUT2D eigenvalue weighted by molar-refractivity contribution is 0.206. The number of nitrogens with one attached hydrogen (secondary N) is 1. The molecule has 1 fully saturated rings. The Labute approximate surface area is 110 Å². The minimum atomic E-state index is -0.143. The largest absolute Gasteiger partial charge is 0.310 e. The summed E-state index contributed by atoms with van der Waals surface area (Å²) in [4.78, 5) is 0. The first-order chi connectivity index (χ1) is 8.58. The van der Waals surface area contributed by atoms with E-state index in [0.29, 0.717) is 6.04 Å². The summed E-state index contributed by atoms with van der Waals surface area (Å²) in [5.41, 5.74) is 2.25. The van der Waals surface area contributed by atoms with Crippen LogP contribution in [0, 0.1) is 24.6 Å². The Balaban J connectivity index is 1.94. The van der Waals surface area contributed by atoms with Crippen LogP contribution in [0.2, 0.25) is 0 Å². The van der Waals surface area contributed by atoms with Gasteiger partial charge in [0, 0.05) is 12.6 Å². The van der Waals surface area contributed by atoms with Crippen LogP contribution >= 0.6 is 0 Å². The van der Waals surface area contributed by atoms with Gasteiger partial charge < -0.3 is 5.32 Å². The first kappa shape index (κ1) is 13.5. The molecule has 2 rings (SSSR count). The minimum Gasteiger partial charge on any atom is -0.310 e. The number of halogens is 1. The van der Waals surface area contributed by atoms with Gasteiger partial charge >= 0.3 is 0 Å². The molecule has 1 N–H and O–H groups in total. The molecule has 1 aromatic rings. The van der Waals surface area contributed by atoms with Crippen molar-refractivity contribution in [3.05, 3.63) is 35.1 Å². The van der Waals surface area contributed by atoms with E-state index < -0.39 is 0 Å².